The van der Waals surface area contributed by atoms with Crippen molar-refractivity contribution in [2.75, 3.05) is 17.8 Å². The van der Waals surface area contributed by atoms with Crippen molar-refractivity contribution in [2.45, 2.75) is 42.9 Å². The number of allylic oxidation sites excluding steroid dienone is 3. The fourth-order valence-electron chi connectivity index (χ4n) is 4.92. The largest absolute Gasteiger partial charge is 0.497 e. The molecule has 2 aromatic carbocycles. The summed E-state index contributed by atoms with van der Waals surface area (Å²) in [5.41, 5.74) is 11.0. The van der Waals surface area contributed by atoms with E-state index in [0.717, 1.165) is 17.7 Å². The summed E-state index contributed by atoms with van der Waals surface area (Å²) in [6.45, 7) is 2.08. The van der Waals surface area contributed by atoms with E-state index in [4.69, 9.17) is 10.5 Å². The van der Waals surface area contributed by atoms with Crippen molar-refractivity contribution in [3.63, 3.8) is 0 Å². The van der Waals surface area contributed by atoms with Gasteiger partial charge in [-0.3, -0.25) is 14.5 Å². The molecule has 1 aliphatic carbocycles. The fourth-order valence-corrected chi connectivity index (χ4v) is 6.70. The monoisotopic (exact) mass is 557 g/mol. The Morgan fingerprint density at radius 1 is 1.18 bits per heavy atom. The third-order valence-electron chi connectivity index (χ3n) is 6.96. The van der Waals surface area contributed by atoms with Gasteiger partial charge in [-0.05, 0) is 54.7 Å². The molecule has 0 amide bonds. The van der Waals surface area contributed by atoms with Crippen molar-refractivity contribution >= 4 is 39.8 Å². The number of thioether (sulfide) groups is 1. The van der Waals surface area contributed by atoms with Crippen LogP contribution in [0.3, 0.4) is 0 Å². The Morgan fingerprint density at radius 2 is 1.92 bits per heavy atom. The number of ketones is 2. The molecule has 1 aromatic heterocycles. The van der Waals surface area contributed by atoms with Crippen LogP contribution in [-0.2, 0) is 11.2 Å². The van der Waals surface area contributed by atoms with Gasteiger partial charge in [0.05, 0.1) is 30.4 Å². The number of aromatic nitrogens is 2. The zero-order valence-electron chi connectivity index (χ0n) is 21.6. The number of nitriles is 1. The van der Waals surface area contributed by atoms with Gasteiger partial charge in [-0.1, -0.05) is 54.3 Å². The first-order valence-electron chi connectivity index (χ1n) is 12.6. The van der Waals surface area contributed by atoms with E-state index in [1.165, 1.54) is 28.7 Å². The maximum atomic E-state index is 13.3. The maximum Gasteiger partial charge on any atom is 0.219 e. The molecular weight excluding hydrogens is 530 g/mol. The molecule has 2 N–H and O–H groups in total. The van der Waals surface area contributed by atoms with Crippen LogP contribution >= 0.6 is 23.1 Å². The second kappa shape index (κ2) is 11.4. The molecule has 2 aliphatic rings. The fraction of sp³-hybridized carbons (Fsp3) is 0.276. The van der Waals surface area contributed by atoms with Crippen LogP contribution in [0.1, 0.15) is 53.6 Å². The van der Waals surface area contributed by atoms with Crippen LogP contribution in [0.25, 0.3) is 0 Å². The predicted octanol–water partition coefficient (Wildman–Crippen LogP) is 5.39. The number of carbonyl (C=O) groups is 2. The second-order valence-electron chi connectivity index (χ2n) is 9.20. The van der Waals surface area contributed by atoms with Gasteiger partial charge in [0, 0.05) is 23.3 Å². The lowest BCUT2D eigenvalue weighted by Gasteiger charge is -2.38. The van der Waals surface area contributed by atoms with Crippen molar-refractivity contribution in [2.24, 2.45) is 5.73 Å². The van der Waals surface area contributed by atoms with Crippen LogP contribution in [0.2, 0.25) is 0 Å². The van der Waals surface area contributed by atoms with E-state index >= 15 is 0 Å². The average molecular weight is 558 g/mol. The zero-order chi connectivity index (χ0) is 27.5. The molecule has 0 spiro atoms. The molecule has 5 rings (SSSR count). The molecule has 0 radical (unpaired) electrons. The van der Waals surface area contributed by atoms with Crippen molar-refractivity contribution in [1.82, 2.24) is 10.2 Å². The number of methoxy groups -OCH3 is 1. The van der Waals surface area contributed by atoms with Gasteiger partial charge in [-0.2, -0.15) is 5.26 Å². The van der Waals surface area contributed by atoms with Crippen molar-refractivity contribution in [3.05, 3.63) is 87.9 Å². The quantitative estimate of drug-likeness (QED) is 0.287. The Morgan fingerprint density at radius 3 is 2.59 bits per heavy atom. The third-order valence-corrected chi connectivity index (χ3v) is 9.00. The Balaban J connectivity index is 1.44. The van der Waals surface area contributed by atoms with E-state index in [1.807, 2.05) is 24.3 Å². The normalized spacial score (nSPS) is 17.2. The van der Waals surface area contributed by atoms with Gasteiger partial charge in [0.1, 0.15) is 11.6 Å². The molecule has 39 heavy (non-hydrogen) atoms. The highest BCUT2D eigenvalue weighted by Gasteiger charge is 2.41. The molecule has 8 nitrogen and oxygen atoms in total. The molecule has 198 valence electrons. The number of hydrogen-bond donors (Lipinski definition) is 1. The first-order valence-corrected chi connectivity index (χ1v) is 14.4. The van der Waals surface area contributed by atoms with Crippen LogP contribution in [0.4, 0.5) is 5.13 Å². The van der Waals surface area contributed by atoms with Crippen molar-refractivity contribution in [3.8, 4) is 11.8 Å². The number of nitrogens with two attached hydrogens (primary N) is 1. The average Bonchev–Trinajstić information content (AvgIpc) is 3.44. The third kappa shape index (κ3) is 5.20. The summed E-state index contributed by atoms with van der Waals surface area (Å²) in [6.07, 6.45) is 2.67. The number of benzene rings is 2. The number of rotatable bonds is 8. The molecule has 10 heteroatoms. The molecule has 1 unspecified atom stereocenters. The van der Waals surface area contributed by atoms with E-state index in [2.05, 4.69) is 23.2 Å². The van der Waals surface area contributed by atoms with Crippen LogP contribution in [0.5, 0.6) is 5.75 Å². The maximum absolute atomic E-state index is 13.3. The van der Waals surface area contributed by atoms with E-state index < -0.39 is 5.92 Å². The summed E-state index contributed by atoms with van der Waals surface area (Å²) < 4.78 is 5.75. The Hall–Kier alpha value is -3.94. The van der Waals surface area contributed by atoms with Crippen LogP contribution in [0.15, 0.2) is 75.5 Å². The number of Topliss-reactive ketones (excluding diaryl/α,β-unsaturated/α-hetero) is 2. The molecule has 0 saturated heterocycles. The smallest absolute Gasteiger partial charge is 0.219 e. The van der Waals surface area contributed by atoms with E-state index in [9.17, 15) is 14.9 Å². The Labute approximate surface area is 235 Å². The van der Waals surface area contributed by atoms with Gasteiger partial charge in [-0.15, -0.1) is 10.2 Å². The lowest BCUT2D eigenvalue weighted by Crippen LogP contribution is -2.38. The minimum absolute atomic E-state index is 0.0234. The molecule has 2 heterocycles. The molecule has 3 aromatic rings. The topological polar surface area (TPSA) is 122 Å². The second-order valence-corrected chi connectivity index (χ2v) is 11.4. The first kappa shape index (κ1) is 26.7. The van der Waals surface area contributed by atoms with E-state index in [1.54, 1.807) is 36.3 Å². The summed E-state index contributed by atoms with van der Waals surface area (Å²) in [5, 5.41) is 19.3. The number of ether oxygens (including phenoxy) is 1. The summed E-state index contributed by atoms with van der Waals surface area (Å²) in [5.74, 6) is 0.616. The summed E-state index contributed by atoms with van der Waals surface area (Å²) in [4.78, 5) is 27.7. The summed E-state index contributed by atoms with van der Waals surface area (Å²) >= 11 is 2.57. The SMILES string of the molecule is CCc1ccc(C2C(C#N)=C(N)N(c3nnc(SCC(=O)c4ccc(OC)cc4)s3)C3=C2C(=O)CCC3)cc1. The number of hydrogen-bond acceptors (Lipinski definition) is 10. The number of anilines is 1. The number of carbonyl (C=O) groups excluding carboxylic acids is 2. The molecule has 1 atom stereocenters. The van der Waals surface area contributed by atoms with Crippen LogP contribution < -0.4 is 15.4 Å². The molecule has 0 bridgehead atoms. The Kier molecular flexibility index (Phi) is 7.82. The van der Waals surface area contributed by atoms with E-state index in [-0.39, 0.29) is 23.1 Å². The lowest BCUT2D eigenvalue weighted by atomic mass is 9.75. The lowest BCUT2D eigenvalue weighted by molar-refractivity contribution is -0.116. The Bertz CT molecular complexity index is 1520. The zero-order valence-corrected chi connectivity index (χ0v) is 23.3. The van der Waals surface area contributed by atoms with Gasteiger partial charge in [0.25, 0.3) is 0 Å². The standard InChI is InChI=1S/C29H27N5O3S2/c1-3-17-7-9-19(10-8-17)25-21(15-30)27(31)34(22-5-4-6-23(35)26(22)25)28-32-33-29(39-28)38-16-24(36)18-11-13-20(37-2)14-12-18/h7-14,25H,3-6,16,31H2,1-2H3. The predicted molar refractivity (Wildman–Crippen MR) is 152 cm³/mol. The van der Waals surface area contributed by atoms with Gasteiger partial charge in [-0.25, -0.2) is 0 Å². The molecule has 0 saturated carbocycles. The number of nitrogens with zero attached hydrogens (tertiary/aromatic N) is 4. The van der Waals surface area contributed by atoms with Crippen LogP contribution in [-0.4, -0.2) is 34.6 Å². The van der Waals surface area contributed by atoms with E-state index in [0.29, 0.717) is 51.2 Å². The van der Waals surface area contributed by atoms with Crippen molar-refractivity contribution in [1.29, 1.82) is 5.26 Å². The van der Waals surface area contributed by atoms with Gasteiger partial charge < -0.3 is 10.5 Å². The van der Waals surface area contributed by atoms with Gasteiger partial charge in [0.2, 0.25) is 5.13 Å². The highest BCUT2D eigenvalue weighted by Crippen LogP contribution is 2.47. The number of aryl methyl sites for hydroxylation is 1. The van der Waals surface area contributed by atoms with Gasteiger partial charge in [0.15, 0.2) is 15.9 Å². The van der Waals surface area contributed by atoms with Gasteiger partial charge >= 0.3 is 0 Å². The summed E-state index contributed by atoms with van der Waals surface area (Å²) in [7, 11) is 1.58. The van der Waals surface area contributed by atoms with Crippen molar-refractivity contribution < 1.29 is 14.3 Å². The minimum atomic E-state index is -0.510. The van der Waals surface area contributed by atoms with Crippen LogP contribution in [0, 0.1) is 11.3 Å². The highest BCUT2D eigenvalue weighted by molar-refractivity contribution is 8.01. The first-order chi connectivity index (χ1) is 18.9. The molecule has 1 aliphatic heterocycles. The highest BCUT2D eigenvalue weighted by atomic mass is 32.2. The molecule has 0 fully saturated rings. The minimum Gasteiger partial charge on any atom is -0.497 e. The summed E-state index contributed by atoms with van der Waals surface area (Å²) in [6, 6.07) is 17.3. The molecular formula is C29H27N5O3S2.